The van der Waals surface area contributed by atoms with Crippen LogP contribution in [-0.4, -0.2) is 32.8 Å². The molecule has 2 aliphatic rings. The Morgan fingerprint density at radius 2 is 2.05 bits per heavy atom. The van der Waals surface area contributed by atoms with Gasteiger partial charge in [0.05, 0.1) is 5.25 Å². The molecule has 1 aliphatic heterocycles. The fourth-order valence-electron chi connectivity index (χ4n) is 2.86. The van der Waals surface area contributed by atoms with E-state index >= 15 is 0 Å². The van der Waals surface area contributed by atoms with Gasteiger partial charge >= 0.3 is 0 Å². The van der Waals surface area contributed by atoms with Gasteiger partial charge in [0, 0.05) is 11.7 Å². The molecule has 3 atom stereocenters. The van der Waals surface area contributed by atoms with E-state index in [1.165, 1.54) is 0 Å². The first-order valence-corrected chi connectivity index (χ1v) is 8.11. The highest BCUT2D eigenvalue weighted by Crippen LogP contribution is 2.53. The molecule has 1 fully saturated rings. The first-order chi connectivity index (χ1) is 9.08. The molecular formula is C13H17NO4S. The SMILES string of the molecule is CCS(=O)(=O)[C@H]1[C@H](CN)[C@@H]1c1ccc2c(c1)OCO2. The average Bonchev–Trinajstić information content (AvgIpc) is 2.99. The highest BCUT2D eigenvalue weighted by atomic mass is 32.2. The second-order valence-corrected chi connectivity index (χ2v) is 7.40. The fraction of sp³-hybridized carbons (Fsp3) is 0.538. The van der Waals surface area contributed by atoms with E-state index < -0.39 is 9.84 Å². The van der Waals surface area contributed by atoms with Crippen molar-refractivity contribution in [1.29, 1.82) is 0 Å². The Hall–Kier alpha value is -1.27. The Kier molecular flexibility index (Phi) is 2.94. The summed E-state index contributed by atoms with van der Waals surface area (Å²) in [5, 5.41) is -0.345. The molecule has 1 aliphatic carbocycles. The fourth-order valence-corrected chi connectivity index (χ4v) is 4.78. The molecule has 3 rings (SSSR count). The highest BCUT2D eigenvalue weighted by Gasteiger charge is 2.57. The first kappa shape index (κ1) is 12.7. The predicted molar refractivity (Wildman–Crippen MR) is 71.1 cm³/mol. The lowest BCUT2D eigenvalue weighted by Crippen LogP contribution is -2.15. The molecule has 0 spiro atoms. The van der Waals surface area contributed by atoms with E-state index in [1.807, 2.05) is 18.2 Å². The van der Waals surface area contributed by atoms with Gasteiger partial charge in [-0.2, -0.15) is 0 Å². The third kappa shape index (κ3) is 1.99. The summed E-state index contributed by atoms with van der Waals surface area (Å²) >= 11 is 0. The Balaban J connectivity index is 1.91. The van der Waals surface area contributed by atoms with Crippen molar-refractivity contribution in [3.63, 3.8) is 0 Å². The van der Waals surface area contributed by atoms with Crippen LogP contribution >= 0.6 is 0 Å². The normalized spacial score (nSPS) is 28.4. The van der Waals surface area contributed by atoms with Gasteiger partial charge in [0.1, 0.15) is 0 Å². The van der Waals surface area contributed by atoms with Gasteiger partial charge in [-0.15, -0.1) is 0 Å². The second-order valence-electron chi connectivity index (χ2n) is 4.95. The third-order valence-electron chi connectivity index (χ3n) is 3.97. The predicted octanol–water partition coefficient (Wildman–Crippen LogP) is 0.891. The van der Waals surface area contributed by atoms with Gasteiger partial charge in [-0.1, -0.05) is 13.0 Å². The molecule has 104 valence electrons. The lowest BCUT2D eigenvalue weighted by molar-refractivity contribution is 0.174. The van der Waals surface area contributed by atoms with Crippen LogP contribution in [0.4, 0.5) is 0 Å². The molecule has 0 saturated heterocycles. The number of benzene rings is 1. The van der Waals surface area contributed by atoms with Crippen molar-refractivity contribution < 1.29 is 17.9 Å². The van der Waals surface area contributed by atoms with E-state index in [9.17, 15) is 8.42 Å². The second kappa shape index (κ2) is 4.38. The molecule has 0 unspecified atom stereocenters. The van der Waals surface area contributed by atoms with Crippen molar-refractivity contribution in [1.82, 2.24) is 0 Å². The van der Waals surface area contributed by atoms with Gasteiger partial charge in [0.2, 0.25) is 6.79 Å². The zero-order chi connectivity index (χ0) is 13.6. The van der Waals surface area contributed by atoms with E-state index in [2.05, 4.69) is 0 Å². The van der Waals surface area contributed by atoms with E-state index in [0.717, 1.165) is 5.56 Å². The summed E-state index contributed by atoms with van der Waals surface area (Å²) in [6, 6.07) is 5.62. The zero-order valence-corrected chi connectivity index (χ0v) is 11.5. The van der Waals surface area contributed by atoms with Crippen molar-refractivity contribution >= 4 is 9.84 Å². The third-order valence-corrected chi connectivity index (χ3v) is 6.24. The number of rotatable bonds is 4. The standard InChI is InChI=1S/C13H17NO4S/c1-2-19(15,16)13-9(6-14)12(13)8-3-4-10-11(5-8)18-7-17-10/h3-5,9,12-13H,2,6-7,14H2,1H3/t9-,12+,13+/m1/s1. The molecule has 1 saturated carbocycles. The highest BCUT2D eigenvalue weighted by molar-refractivity contribution is 7.92. The van der Waals surface area contributed by atoms with Crippen LogP contribution in [0.25, 0.3) is 0 Å². The molecule has 0 bridgehead atoms. The summed E-state index contributed by atoms with van der Waals surface area (Å²) in [5.41, 5.74) is 6.67. The van der Waals surface area contributed by atoms with Crippen molar-refractivity contribution in [2.45, 2.75) is 18.1 Å². The number of ether oxygens (including phenoxy) is 2. The quantitative estimate of drug-likeness (QED) is 0.888. The molecule has 0 aromatic heterocycles. The molecule has 6 heteroatoms. The summed E-state index contributed by atoms with van der Waals surface area (Å²) in [7, 11) is -3.05. The smallest absolute Gasteiger partial charge is 0.231 e. The molecule has 5 nitrogen and oxygen atoms in total. The van der Waals surface area contributed by atoms with E-state index in [1.54, 1.807) is 6.92 Å². The van der Waals surface area contributed by atoms with E-state index in [0.29, 0.717) is 18.0 Å². The van der Waals surface area contributed by atoms with E-state index in [4.69, 9.17) is 15.2 Å². The maximum atomic E-state index is 12.0. The Morgan fingerprint density at radius 3 is 2.74 bits per heavy atom. The van der Waals surface area contributed by atoms with Gasteiger partial charge in [0.15, 0.2) is 21.3 Å². The molecule has 2 N–H and O–H groups in total. The van der Waals surface area contributed by atoms with Crippen LogP contribution < -0.4 is 15.2 Å². The summed E-state index contributed by atoms with van der Waals surface area (Å²) in [6.45, 7) is 2.29. The number of fused-ring (bicyclic) bond motifs is 1. The molecule has 1 aromatic rings. The minimum atomic E-state index is -3.05. The number of hydrogen-bond acceptors (Lipinski definition) is 5. The number of nitrogens with two attached hydrogens (primary N) is 1. The van der Waals surface area contributed by atoms with Gasteiger partial charge in [-0.25, -0.2) is 8.42 Å². The monoisotopic (exact) mass is 283 g/mol. The lowest BCUT2D eigenvalue weighted by atomic mass is 10.1. The van der Waals surface area contributed by atoms with Crippen LogP contribution in [0, 0.1) is 5.92 Å². The van der Waals surface area contributed by atoms with E-state index in [-0.39, 0.29) is 29.6 Å². The van der Waals surface area contributed by atoms with Crippen molar-refractivity contribution in [2.24, 2.45) is 11.7 Å². The number of sulfone groups is 1. The van der Waals surface area contributed by atoms with Gasteiger partial charge < -0.3 is 15.2 Å². The zero-order valence-electron chi connectivity index (χ0n) is 10.7. The van der Waals surface area contributed by atoms with Crippen LogP contribution in [0.5, 0.6) is 11.5 Å². The Bertz CT molecular complexity index is 599. The molecule has 1 aromatic carbocycles. The molecule has 19 heavy (non-hydrogen) atoms. The minimum absolute atomic E-state index is 0.00977. The van der Waals surface area contributed by atoms with Crippen LogP contribution in [0.1, 0.15) is 18.4 Å². The first-order valence-electron chi connectivity index (χ1n) is 6.39. The molecular weight excluding hydrogens is 266 g/mol. The summed E-state index contributed by atoms with van der Waals surface area (Å²) in [5.74, 6) is 1.57. The lowest BCUT2D eigenvalue weighted by Gasteiger charge is -2.02. The van der Waals surface area contributed by atoms with Crippen LogP contribution in [-0.2, 0) is 9.84 Å². The van der Waals surface area contributed by atoms with Crippen LogP contribution in [0.15, 0.2) is 18.2 Å². The maximum Gasteiger partial charge on any atom is 0.231 e. The topological polar surface area (TPSA) is 78.6 Å². The van der Waals surface area contributed by atoms with Crippen LogP contribution in [0.3, 0.4) is 0 Å². The van der Waals surface area contributed by atoms with Gasteiger partial charge in [-0.05, 0) is 30.2 Å². The van der Waals surface area contributed by atoms with Crippen molar-refractivity contribution in [3.8, 4) is 11.5 Å². The summed E-state index contributed by atoms with van der Waals surface area (Å²) in [4.78, 5) is 0. The van der Waals surface area contributed by atoms with Gasteiger partial charge in [0.25, 0.3) is 0 Å². The molecule has 0 amide bonds. The molecule has 1 heterocycles. The van der Waals surface area contributed by atoms with Gasteiger partial charge in [-0.3, -0.25) is 0 Å². The summed E-state index contributed by atoms with van der Waals surface area (Å²) in [6.07, 6.45) is 0. The van der Waals surface area contributed by atoms with Crippen molar-refractivity contribution in [2.75, 3.05) is 19.1 Å². The maximum absolute atomic E-state index is 12.0. The average molecular weight is 283 g/mol. The van der Waals surface area contributed by atoms with Crippen LogP contribution in [0.2, 0.25) is 0 Å². The summed E-state index contributed by atoms with van der Waals surface area (Å²) < 4.78 is 34.7. The van der Waals surface area contributed by atoms with Crippen molar-refractivity contribution in [3.05, 3.63) is 23.8 Å². The Labute approximate surface area is 112 Å². The largest absolute Gasteiger partial charge is 0.454 e. The Morgan fingerprint density at radius 1 is 1.32 bits per heavy atom. The number of hydrogen-bond donors (Lipinski definition) is 1. The molecule has 0 radical (unpaired) electrons. The minimum Gasteiger partial charge on any atom is -0.454 e.